The van der Waals surface area contributed by atoms with Crippen molar-refractivity contribution in [3.63, 3.8) is 0 Å². The Morgan fingerprint density at radius 3 is 2.62 bits per heavy atom. The molecule has 0 radical (unpaired) electrons. The van der Waals surface area contributed by atoms with Crippen molar-refractivity contribution in [1.82, 2.24) is 4.57 Å². The van der Waals surface area contributed by atoms with Crippen LogP contribution in [0.2, 0.25) is 0 Å². The first kappa shape index (κ1) is 19.7. The van der Waals surface area contributed by atoms with Crippen molar-refractivity contribution in [2.75, 3.05) is 5.32 Å². The third-order valence-electron chi connectivity index (χ3n) is 4.50. The number of benzene rings is 2. The van der Waals surface area contributed by atoms with E-state index in [0.717, 1.165) is 11.5 Å². The number of aromatic hydroxyl groups is 2. The summed E-state index contributed by atoms with van der Waals surface area (Å²) in [6, 6.07) is 9.95. The molecular formula is C20H17N3O6. The molecule has 148 valence electrons. The van der Waals surface area contributed by atoms with E-state index < -0.39 is 34.6 Å². The number of carbonyl (C=O) groups is 2. The van der Waals surface area contributed by atoms with Gasteiger partial charge in [-0.1, -0.05) is 18.2 Å². The predicted octanol–water partition coefficient (Wildman–Crippen LogP) is 2.66. The number of hydrogen-bond acceptors (Lipinski definition) is 6. The van der Waals surface area contributed by atoms with Crippen molar-refractivity contribution in [3.05, 3.63) is 69.0 Å². The number of rotatable bonds is 5. The number of carbonyl (C=O) groups excluding carboxylic acids is 2. The van der Waals surface area contributed by atoms with Gasteiger partial charge in [0.15, 0.2) is 5.75 Å². The lowest BCUT2D eigenvalue weighted by atomic mass is 10.0. The van der Waals surface area contributed by atoms with Crippen molar-refractivity contribution in [2.45, 2.75) is 19.9 Å². The first-order valence-corrected chi connectivity index (χ1v) is 8.64. The van der Waals surface area contributed by atoms with Crippen molar-refractivity contribution in [2.24, 2.45) is 5.18 Å². The van der Waals surface area contributed by atoms with Gasteiger partial charge in [-0.25, -0.2) is 0 Å². The second-order valence-electron chi connectivity index (χ2n) is 6.41. The summed E-state index contributed by atoms with van der Waals surface area (Å²) in [5.74, 6) is -3.06. The Kier molecular flexibility index (Phi) is 5.40. The molecule has 0 saturated carbocycles. The van der Waals surface area contributed by atoms with Crippen molar-refractivity contribution in [1.29, 1.82) is 0 Å². The normalized spacial score (nSPS) is 10.7. The van der Waals surface area contributed by atoms with Crippen LogP contribution in [0.3, 0.4) is 0 Å². The molecule has 0 aliphatic carbocycles. The Morgan fingerprint density at radius 2 is 1.90 bits per heavy atom. The lowest BCUT2D eigenvalue weighted by Gasteiger charge is -2.13. The molecule has 0 unspecified atom stereocenters. The maximum absolute atomic E-state index is 12.5. The third kappa shape index (κ3) is 3.84. The standard InChI is InChI=1S/C20H17N3O6/c1-11-10-14(24)17(18(26)16(11)19(27)22-29)21-15(25)7-9-23-8-6-12-4-2-3-5-13(12)20(23)28/h2-6,8,10,24,26H,7,9H2,1H3,(H,21,25). The van der Waals surface area contributed by atoms with Crippen LogP contribution in [-0.4, -0.2) is 26.6 Å². The van der Waals surface area contributed by atoms with E-state index in [1.54, 1.807) is 24.4 Å². The highest BCUT2D eigenvalue weighted by Crippen LogP contribution is 2.38. The molecule has 29 heavy (non-hydrogen) atoms. The van der Waals surface area contributed by atoms with Crippen molar-refractivity contribution >= 4 is 28.3 Å². The largest absolute Gasteiger partial charge is 0.506 e. The van der Waals surface area contributed by atoms with Gasteiger partial charge in [0.2, 0.25) is 5.91 Å². The number of anilines is 1. The molecule has 3 rings (SSSR count). The van der Waals surface area contributed by atoms with Crippen LogP contribution >= 0.6 is 0 Å². The van der Waals surface area contributed by atoms with Gasteiger partial charge in [-0.2, -0.15) is 0 Å². The number of phenols is 2. The number of amides is 2. The maximum atomic E-state index is 12.5. The zero-order chi connectivity index (χ0) is 21.1. The van der Waals surface area contributed by atoms with Crippen LogP contribution in [0, 0.1) is 11.8 Å². The Balaban J connectivity index is 1.80. The number of nitroso groups, excluding NO2 is 1. The van der Waals surface area contributed by atoms with Crippen molar-refractivity contribution in [3.8, 4) is 11.5 Å². The van der Waals surface area contributed by atoms with E-state index in [-0.39, 0.29) is 24.1 Å². The van der Waals surface area contributed by atoms with E-state index in [9.17, 15) is 29.5 Å². The van der Waals surface area contributed by atoms with Crippen LogP contribution in [0.5, 0.6) is 11.5 Å². The first-order chi connectivity index (χ1) is 13.8. The minimum Gasteiger partial charge on any atom is -0.506 e. The van der Waals surface area contributed by atoms with Crippen molar-refractivity contribution < 1.29 is 19.8 Å². The maximum Gasteiger partial charge on any atom is 0.320 e. The van der Waals surface area contributed by atoms with Gasteiger partial charge in [0.25, 0.3) is 5.56 Å². The number of aromatic nitrogens is 1. The average molecular weight is 395 g/mol. The van der Waals surface area contributed by atoms with Crippen LogP contribution in [0.1, 0.15) is 22.3 Å². The van der Waals surface area contributed by atoms with Gasteiger partial charge in [-0.15, -0.1) is 4.91 Å². The minimum atomic E-state index is -1.22. The van der Waals surface area contributed by atoms with Crippen LogP contribution in [-0.2, 0) is 11.3 Å². The zero-order valence-electron chi connectivity index (χ0n) is 15.4. The number of hydrogen-bond donors (Lipinski definition) is 3. The fraction of sp³-hybridized carbons (Fsp3) is 0.150. The monoisotopic (exact) mass is 395 g/mol. The third-order valence-corrected chi connectivity index (χ3v) is 4.50. The number of nitrogens with zero attached hydrogens (tertiary/aromatic N) is 2. The van der Waals surface area contributed by atoms with E-state index in [1.165, 1.54) is 11.5 Å². The van der Waals surface area contributed by atoms with Gasteiger partial charge in [-0.3, -0.25) is 14.4 Å². The molecule has 3 aromatic rings. The molecule has 0 spiro atoms. The molecule has 2 amide bonds. The Hall–Kier alpha value is -4.01. The molecule has 0 aliphatic heterocycles. The Bertz CT molecular complexity index is 1200. The summed E-state index contributed by atoms with van der Waals surface area (Å²) in [5, 5.41) is 26.1. The molecule has 9 heteroatoms. The van der Waals surface area contributed by atoms with E-state index in [1.807, 2.05) is 12.1 Å². The molecule has 3 N–H and O–H groups in total. The van der Waals surface area contributed by atoms with Gasteiger partial charge in [0.05, 0.1) is 5.56 Å². The summed E-state index contributed by atoms with van der Waals surface area (Å²) >= 11 is 0. The quantitative estimate of drug-likeness (QED) is 0.448. The molecular weight excluding hydrogens is 378 g/mol. The SMILES string of the molecule is Cc1cc(O)c(NC(=O)CCn2ccc3ccccc3c2=O)c(O)c1C(=O)N=O. The second kappa shape index (κ2) is 7.93. The summed E-state index contributed by atoms with van der Waals surface area (Å²) in [6.07, 6.45) is 1.44. The lowest BCUT2D eigenvalue weighted by Crippen LogP contribution is -2.23. The van der Waals surface area contributed by atoms with Crippen LogP contribution < -0.4 is 10.9 Å². The molecule has 0 saturated heterocycles. The predicted molar refractivity (Wildman–Crippen MR) is 106 cm³/mol. The second-order valence-corrected chi connectivity index (χ2v) is 6.41. The van der Waals surface area contributed by atoms with E-state index in [0.29, 0.717) is 5.39 Å². The Labute approximate surface area is 164 Å². The summed E-state index contributed by atoms with van der Waals surface area (Å²) in [7, 11) is 0. The number of nitrogens with one attached hydrogen (secondary N) is 1. The number of phenolic OH excluding ortho intramolecular Hbond substituents is 2. The zero-order valence-corrected chi connectivity index (χ0v) is 15.4. The van der Waals surface area contributed by atoms with E-state index in [4.69, 9.17) is 0 Å². The summed E-state index contributed by atoms with van der Waals surface area (Å²) in [4.78, 5) is 46.9. The summed E-state index contributed by atoms with van der Waals surface area (Å²) in [5.41, 5.74) is -0.926. The lowest BCUT2D eigenvalue weighted by molar-refractivity contribution is -0.116. The van der Waals surface area contributed by atoms with Crippen LogP contribution in [0.4, 0.5) is 5.69 Å². The number of fused-ring (bicyclic) bond motifs is 1. The summed E-state index contributed by atoms with van der Waals surface area (Å²) in [6.45, 7) is 1.46. The Morgan fingerprint density at radius 1 is 1.17 bits per heavy atom. The fourth-order valence-corrected chi connectivity index (χ4v) is 3.05. The number of aryl methyl sites for hydroxylation is 2. The topological polar surface area (TPSA) is 138 Å². The molecule has 0 aliphatic rings. The number of pyridine rings is 1. The molecule has 9 nitrogen and oxygen atoms in total. The van der Waals surface area contributed by atoms with Crippen LogP contribution in [0.15, 0.2) is 52.6 Å². The van der Waals surface area contributed by atoms with Gasteiger partial charge < -0.3 is 20.1 Å². The molecule has 0 atom stereocenters. The molecule has 0 fully saturated rings. The highest BCUT2D eigenvalue weighted by atomic mass is 16.3. The smallest absolute Gasteiger partial charge is 0.320 e. The molecule has 2 aromatic carbocycles. The summed E-state index contributed by atoms with van der Waals surface area (Å²) < 4.78 is 1.38. The van der Waals surface area contributed by atoms with E-state index >= 15 is 0 Å². The fourth-order valence-electron chi connectivity index (χ4n) is 3.05. The molecule has 1 heterocycles. The molecule has 1 aromatic heterocycles. The average Bonchev–Trinajstić information content (AvgIpc) is 2.70. The van der Waals surface area contributed by atoms with Gasteiger partial charge >= 0.3 is 5.91 Å². The van der Waals surface area contributed by atoms with E-state index in [2.05, 4.69) is 10.5 Å². The molecule has 0 bridgehead atoms. The highest BCUT2D eigenvalue weighted by molar-refractivity contribution is 6.03. The van der Waals surface area contributed by atoms with Gasteiger partial charge in [0, 0.05) is 29.7 Å². The highest BCUT2D eigenvalue weighted by Gasteiger charge is 2.22. The van der Waals surface area contributed by atoms with Crippen LogP contribution in [0.25, 0.3) is 10.8 Å². The minimum absolute atomic E-state index is 0.0601. The van der Waals surface area contributed by atoms with Gasteiger partial charge in [0.1, 0.15) is 11.4 Å². The first-order valence-electron chi connectivity index (χ1n) is 8.64. The van der Waals surface area contributed by atoms with Gasteiger partial charge in [-0.05, 0) is 36.1 Å².